The summed E-state index contributed by atoms with van der Waals surface area (Å²) in [6.07, 6.45) is 4.20. The highest BCUT2D eigenvalue weighted by Crippen LogP contribution is 2.12. The Morgan fingerprint density at radius 2 is 2.31 bits per heavy atom. The van der Waals surface area contributed by atoms with Gasteiger partial charge in [-0.15, -0.1) is 0 Å². The lowest BCUT2D eigenvalue weighted by Crippen LogP contribution is -2.10. The Hall–Kier alpha value is -1.17. The lowest BCUT2D eigenvalue weighted by Gasteiger charge is -2.00. The van der Waals surface area contributed by atoms with Crippen molar-refractivity contribution in [2.75, 3.05) is 11.9 Å². The van der Waals surface area contributed by atoms with Crippen molar-refractivity contribution in [2.45, 2.75) is 39.0 Å². The van der Waals surface area contributed by atoms with Crippen molar-refractivity contribution in [3.63, 3.8) is 0 Å². The minimum Gasteiger partial charge on any atom is -0.370 e. The number of carbonyl (C=O) groups is 1. The molecule has 0 saturated carbocycles. The molecule has 5 nitrogen and oxygen atoms in total. The zero-order valence-corrected chi connectivity index (χ0v) is 10.3. The average Bonchev–Trinajstić information content (AvgIpc) is 2.65. The van der Waals surface area contributed by atoms with Crippen LogP contribution in [0, 0.1) is 0 Å². The molecule has 0 aliphatic rings. The first-order chi connectivity index (χ1) is 7.72. The van der Waals surface area contributed by atoms with Gasteiger partial charge in [-0.25, -0.2) is 4.98 Å². The van der Waals surface area contributed by atoms with Crippen molar-refractivity contribution in [1.82, 2.24) is 9.36 Å². The van der Waals surface area contributed by atoms with Crippen LogP contribution >= 0.6 is 11.5 Å². The quantitative estimate of drug-likeness (QED) is 0.678. The van der Waals surface area contributed by atoms with Crippen LogP contribution in [0.2, 0.25) is 0 Å². The zero-order chi connectivity index (χ0) is 11.8. The predicted octanol–water partition coefficient (Wildman–Crippen LogP) is 1.56. The Bertz CT molecular complexity index is 326. The van der Waals surface area contributed by atoms with Crippen molar-refractivity contribution in [2.24, 2.45) is 5.73 Å². The van der Waals surface area contributed by atoms with E-state index in [2.05, 4.69) is 21.6 Å². The van der Waals surface area contributed by atoms with E-state index in [1.165, 1.54) is 11.5 Å². The Kier molecular flexibility index (Phi) is 5.77. The van der Waals surface area contributed by atoms with Gasteiger partial charge in [-0.3, -0.25) is 4.79 Å². The van der Waals surface area contributed by atoms with Gasteiger partial charge in [-0.05, 0) is 19.3 Å². The standard InChI is InChI=1S/C10H18N4OS/c1-2-5-9-13-10(16-14-9)12-7-4-3-6-8(11)15/h2-7H2,1H3,(H2,11,15)(H,12,13,14). The molecule has 0 saturated heterocycles. The second-order valence-electron chi connectivity index (χ2n) is 3.62. The van der Waals surface area contributed by atoms with Crippen LogP contribution in [0.1, 0.15) is 38.4 Å². The number of nitrogens with zero attached hydrogens (tertiary/aromatic N) is 2. The topological polar surface area (TPSA) is 80.9 Å². The summed E-state index contributed by atoms with van der Waals surface area (Å²) in [6, 6.07) is 0. The van der Waals surface area contributed by atoms with Gasteiger partial charge in [0, 0.05) is 30.9 Å². The fourth-order valence-corrected chi connectivity index (χ4v) is 1.91. The van der Waals surface area contributed by atoms with Gasteiger partial charge in [-0.1, -0.05) is 6.92 Å². The lowest BCUT2D eigenvalue weighted by molar-refractivity contribution is -0.118. The Morgan fingerprint density at radius 1 is 1.50 bits per heavy atom. The van der Waals surface area contributed by atoms with Gasteiger partial charge in [0.1, 0.15) is 5.82 Å². The third-order valence-electron chi connectivity index (χ3n) is 2.07. The third-order valence-corrected chi connectivity index (χ3v) is 2.78. The van der Waals surface area contributed by atoms with Gasteiger partial charge >= 0.3 is 0 Å². The monoisotopic (exact) mass is 242 g/mol. The number of unbranched alkanes of at least 4 members (excludes halogenated alkanes) is 1. The molecule has 0 spiro atoms. The average molecular weight is 242 g/mol. The van der Waals surface area contributed by atoms with E-state index in [0.717, 1.165) is 43.2 Å². The molecule has 3 N–H and O–H groups in total. The smallest absolute Gasteiger partial charge is 0.217 e. The van der Waals surface area contributed by atoms with E-state index in [1.54, 1.807) is 0 Å². The maximum absolute atomic E-state index is 10.5. The third kappa shape index (κ3) is 5.06. The van der Waals surface area contributed by atoms with Gasteiger partial charge in [0.05, 0.1) is 0 Å². The maximum atomic E-state index is 10.5. The summed E-state index contributed by atoms with van der Waals surface area (Å²) in [5.41, 5.74) is 5.04. The largest absolute Gasteiger partial charge is 0.370 e. The molecule has 6 heteroatoms. The van der Waals surface area contributed by atoms with Gasteiger partial charge in [0.2, 0.25) is 11.0 Å². The molecule has 0 atom stereocenters. The first-order valence-electron chi connectivity index (χ1n) is 5.57. The number of hydrogen-bond acceptors (Lipinski definition) is 5. The molecule has 16 heavy (non-hydrogen) atoms. The number of carbonyl (C=O) groups excluding carboxylic acids is 1. The number of hydrogen-bond donors (Lipinski definition) is 2. The molecule has 1 aromatic heterocycles. The van der Waals surface area contributed by atoms with E-state index in [0.29, 0.717) is 6.42 Å². The van der Waals surface area contributed by atoms with Crippen LogP contribution in [-0.4, -0.2) is 21.8 Å². The summed E-state index contributed by atoms with van der Waals surface area (Å²) in [7, 11) is 0. The van der Waals surface area contributed by atoms with Crippen molar-refractivity contribution >= 4 is 22.6 Å². The minimum atomic E-state index is -0.235. The van der Waals surface area contributed by atoms with Gasteiger partial charge in [0.15, 0.2) is 0 Å². The van der Waals surface area contributed by atoms with Crippen LogP contribution in [0.5, 0.6) is 0 Å². The summed E-state index contributed by atoms with van der Waals surface area (Å²) < 4.78 is 4.23. The van der Waals surface area contributed by atoms with E-state index in [4.69, 9.17) is 5.73 Å². The molecule has 1 rings (SSSR count). The highest BCUT2D eigenvalue weighted by Gasteiger charge is 2.02. The number of aromatic nitrogens is 2. The van der Waals surface area contributed by atoms with Crippen molar-refractivity contribution in [1.29, 1.82) is 0 Å². The summed E-state index contributed by atoms with van der Waals surface area (Å²) >= 11 is 1.39. The molecule has 0 aromatic carbocycles. The molecular weight excluding hydrogens is 224 g/mol. The molecule has 1 heterocycles. The van der Waals surface area contributed by atoms with Crippen molar-refractivity contribution < 1.29 is 4.79 Å². The number of aryl methyl sites for hydroxylation is 1. The highest BCUT2D eigenvalue weighted by molar-refractivity contribution is 7.09. The van der Waals surface area contributed by atoms with Crippen LogP contribution < -0.4 is 11.1 Å². The van der Waals surface area contributed by atoms with Gasteiger partial charge in [0.25, 0.3) is 0 Å². The molecule has 0 radical (unpaired) electrons. The maximum Gasteiger partial charge on any atom is 0.217 e. The second kappa shape index (κ2) is 7.16. The molecule has 1 amide bonds. The van der Waals surface area contributed by atoms with Crippen molar-refractivity contribution in [3.8, 4) is 0 Å². The zero-order valence-electron chi connectivity index (χ0n) is 9.53. The van der Waals surface area contributed by atoms with Crippen LogP contribution in [0.3, 0.4) is 0 Å². The molecule has 0 unspecified atom stereocenters. The second-order valence-corrected chi connectivity index (χ2v) is 4.37. The van der Waals surface area contributed by atoms with E-state index in [9.17, 15) is 4.79 Å². The van der Waals surface area contributed by atoms with Crippen molar-refractivity contribution in [3.05, 3.63) is 5.82 Å². The Labute approximate surface area is 99.6 Å². The van der Waals surface area contributed by atoms with E-state index in [-0.39, 0.29) is 5.91 Å². The molecular formula is C10H18N4OS. The number of anilines is 1. The predicted molar refractivity (Wildman–Crippen MR) is 65.4 cm³/mol. The fraction of sp³-hybridized carbons (Fsp3) is 0.700. The fourth-order valence-electron chi connectivity index (χ4n) is 1.27. The molecule has 90 valence electrons. The van der Waals surface area contributed by atoms with Crippen LogP contribution in [0.15, 0.2) is 0 Å². The highest BCUT2D eigenvalue weighted by atomic mass is 32.1. The number of nitrogens with one attached hydrogen (secondary N) is 1. The van der Waals surface area contributed by atoms with E-state index < -0.39 is 0 Å². The summed E-state index contributed by atoms with van der Waals surface area (Å²) in [6.45, 7) is 2.92. The van der Waals surface area contributed by atoms with Gasteiger partial charge in [-0.2, -0.15) is 4.37 Å². The Balaban J connectivity index is 2.14. The Morgan fingerprint density at radius 3 is 3.00 bits per heavy atom. The summed E-state index contributed by atoms with van der Waals surface area (Å²) in [5.74, 6) is 0.674. The first-order valence-corrected chi connectivity index (χ1v) is 6.34. The molecule has 0 aliphatic heterocycles. The summed E-state index contributed by atoms with van der Waals surface area (Å²) in [5, 5.41) is 4.05. The van der Waals surface area contributed by atoms with E-state index in [1.807, 2.05) is 0 Å². The first kappa shape index (κ1) is 12.9. The minimum absolute atomic E-state index is 0.235. The lowest BCUT2D eigenvalue weighted by atomic mass is 10.2. The van der Waals surface area contributed by atoms with Gasteiger partial charge < -0.3 is 11.1 Å². The van der Waals surface area contributed by atoms with E-state index >= 15 is 0 Å². The number of primary amides is 1. The summed E-state index contributed by atoms with van der Waals surface area (Å²) in [4.78, 5) is 14.8. The van der Waals surface area contributed by atoms with Crippen LogP contribution in [-0.2, 0) is 11.2 Å². The SMILES string of the molecule is CCCc1nsc(NCCCCC(N)=O)n1. The number of nitrogens with two attached hydrogens (primary N) is 1. The molecule has 0 fully saturated rings. The van der Waals surface area contributed by atoms with Crippen LogP contribution in [0.25, 0.3) is 0 Å². The molecule has 0 aliphatic carbocycles. The van der Waals surface area contributed by atoms with Crippen LogP contribution in [0.4, 0.5) is 5.13 Å². The number of rotatable bonds is 8. The molecule has 0 bridgehead atoms. The number of amides is 1. The molecule has 1 aromatic rings. The normalized spacial score (nSPS) is 10.3.